The molecule has 1 aliphatic carbocycles. The Balaban J connectivity index is 1.31. The van der Waals surface area contributed by atoms with Crippen LogP contribution in [0.3, 0.4) is 0 Å². The van der Waals surface area contributed by atoms with Gasteiger partial charge < -0.3 is 25.1 Å². The van der Waals surface area contributed by atoms with Crippen molar-refractivity contribution in [3.05, 3.63) is 60.0 Å². The minimum Gasteiger partial charge on any atom is -0.463 e. The van der Waals surface area contributed by atoms with Gasteiger partial charge in [0.2, 0.25) is 5.91 Å². The Kier molecular flexibility index (Phi) is 7.39. The van der Waals surface area contributed by atoms with E-state index >= 15 is 0 Å². The zero-order valence-electron chi connectivity index (χ0n) is 19.5. The van der Waals surface area contributed by atoms with Crippen molar-refractivity contribution in [2.75, 3.05) is 16.0 Å². The summed E-state index contributed by atoms with van der Waals surface area (Å²) in [6.07, 6.45) is 3.63. The molecule has 0 unspecified atom stereocenters. The molecule has 0 spiro atoms. The molecule has 1 fully saturated rings. The largest absolute Gasteiger partial charge is 0.463 e. The van der Waals surface area contributed by atoms with E-state index in [1.165, 1.54) is 19.4 Å². The Morgan fingerprint density at radius 1 is 0.886 bits per heavy atom. The Morgan fingerprint density at radius 3 is 2.29 bits per heavy atom. The van der Waals surface area contributed by atoms with Crippen molar-refractivity contribution in [2.45, 2.75) is 51.6 Å². The fourth-order valence-electron chi connectivity index (χ4n) is 4.14. The molecule has 4 rings (SSSR count). The van der Waals surface area contributed by atoms with E-state index < -0.39 is 5.91 Å². The van der Waals surface area contributed by atoms with Crippen LogP contribution >= 0.6 is 0 Å². The molecule has 182 valence electrons. The summed E-state index contributed by atoms with van der Waals surface area (Å²) in [5.41, 5.74) is 3.03. The first-order chi connectivity index (χ1) is 16.9. The molecular formula is C25H27N5O5. The van der Waals surface area contributed by atoms with E-state index in [-0.39, 0.29) is 29.9 Å². The molecule has 0 atom stereocenters. The fraction of sp³-hybridized carbons (Fsp3) is 0.320. The van der Waals surface area contributed by atoms with Gasteiger partial charge in [-0.3, -0.25) is 14.4 Å². The standard InChI is InChI=1S/C25H27N5O5/c1-15(31)26-20-4-3-5-21(14-20)28-25-30-29-24(35-25)23(33)27-19-10-6-17(7-11-19)18-8-12-22(13-9-18)34-16(2)32/h3-7,10-11,14,18,22H,8-9,12-13H2,1-2H3,(H,26,31)(H,27,33)(H,28,30). The number of anilines is 4. The van der Waals surface area contributed by atoms with Gasteiger partial charge in [-0.25, -0.2) is 0 Å². The van der Waals surface area contributed by atoms with Crippen LogP contribution in [-0.4, -0.2) is 34.1 Å². The summed E-state index contributed by atoms with van der Waals surface area (Å²) in [7, 11) is 0. The third kappa shape index (κ3) is 6.66. The lowest BCUT2D eigenvalue weighted by Gasteiger charge is -2.28. The number of hydrogen-bond donors (Lipinski definition) is 3. The van der Waals surface area contributed by atoms with Crippen LogP contribution in [0.25, 0.3) is 0 Å². The molecule has 10 heteroatoms. The number of nitrogens with one attached hydrogen (secondary N) is 3. The number of ether oxygens (including phenoxy) is 1. The van der Waals surface area contributed by atoms with Gasteiger partial charge in [-0.05, 0) is 67.5 Å². The lowest BCUT2D eigenvalue weighted by molar-refractivity contribution is -0.147. The van der Waals surface area contributed by atoms with E-state index in [1.807, 2.05) is 24.3 Å². The van der Waals surface area contributed by atoms with Gasteiger partial charge in [-0.1, -0.05) is 23.3 Å². The Morgan fingerprint density at radius 2 is 1.60 bits per heavy atom. The maximum absolute atomic E-state index is 12.5. The summed E-state index contributed by atoms with van der Waals surface area (Å²) in [6, 6.07) is 14.7. The SMILES string of the molecule is CC(=O)Nc1cccc(Nc2nnc(C(=O)Nc3ccc(C4CCC(OC(C)=O)CC4)cc3)o2)c1. The van der Waals surface area contributed by atoms with Gasteiger partial charge in [0.25, 0.3) is 0 Å². The lowest BCUT2D eigenvalue weighted by Crippen LogP contribution is -2.22. The first-order valence-electron chi connectivity index (χ1n) is 11.4. The quantitative estimate of drug-likeness (QED) is 0.420. The van der Waals surface area contributed by atoms with Crippen LogP contribution in [0.2, 0.25) is 0 Å². The average Bonchev–Trinajstić information content (AvgIpc) is 3.28. The highest BCUT2D eigenvalue weighted by Crippen LogP contribution is 2.34. The first-order valence-corrected chi connectivity index (χ1v) is 11.4. The summed E-state index contributed by atoms with van der Waals surface area (Å²) in [4.78, 5) is 34.9. The van der Waals surface area contributed by atoms with Crippen molar-refractivity contribution in [3.63, 3.8) is 0 Å². The third-order valence-corrected chi connectivity index (χ3v) is 5.70. The predicted molar refractivity (Wildman–Crippen MR) is 129 cm³/mol. The number of rotatable bonds is 7. The van der Waals surface area contributed by atoms with Gasteiger partial charge in [-0.15, -0.1) is 5.10 Å². The van der Waals surface area contributed by atoms with Gasteiger partial charge in [-0.2, -0.15) is 0 Å². The van der Waals surface area contributed by atoms with Crippen molar-refractivity contribution in [1.29, 1.82) is 0 Å². The molecule has 2 aromatic carbocycles. The average molecular weight is 478 g/mol. The van der Waals surface area contributed by atoms with Crippen LogP contribution in [-0.2, 0) is 14.3 Å². The number of nitrogens with zero attached hydrogens (tertiary/aromatic N) is 2. The van der Waals surface area contributed by atoms with E-state index in [2.05, 4.69) is 26.1 Å². The van der Waals surface area contributed by atoms with Crippen LogP contribution in [0.5, 0.6) is 0 Å². The van der Waals surface area contributed by atoms with E-state index in [0.717, 1.165) is 25.7 Å². The third-order valence-electron chi connectivity index (χ3n) is 5.70. The second-order valence-corrected chi connectivity index (χ2v) is 8.46. The molecule has 0 radical (unpaired) electrons. The fourth-order valence-corrected chi connectivity index (χ4v) is 4.14. The van der Waals surface area contributed by atoms with E-state index in [1.54, 1.807) is 24.3 Å². The van der Waals surface area contributed by atoms with Crippen molar-refractivity contribution >= 4 is 40.9 Å². The molecule has 1 heterocycles. The zero-order chi connectivity index (χ0) is 24.8. The second-order valence-electron chi connectivity index (χ2n) is 8.46. The molecule has 0 aliphatic heterocycles. The molecule has 35 heavy (non-hydrogen) atoms. The van der Waals surface area contributed by atoms with Gasteiger partial charge in [0.15, 0.2) is 0 Å². The maximum Gasteiger partial charge on any atom is 0.320 e. The topological polar surface area (TPSA) is 135 Å². The molecule has 3 N–H and O–H groups in total. The van der Waals surface area contributed by atoms with Crippen LogP contribution in [0, 0.1) is 0 Å². The molecule has 10 nitrogen and oxygen atoms in total. The predicted octanol–water partition coefficient (Wildman–Crippen LogP) is 4.61. The van der Waals surface area contributed by atoms with E-state index in [0.29, 0.717) is 23.0 Å². The maximum atomic E-state index is 12.5. The minimum absolute atomic E-state index is 0.0113. The summed E-state index contributed by atoms with van der Waals surface area (Å²) < 4.78 is 10.7. The first kappa shape index (κ1) is 23.9. The molecule has 0 bridgehead atoms. The van der Waals surface area contributed by atoms with Gasteiger partial charge in [0.05, 0.1) is 0 Å². The summed E-state index contributed by atoms with van der Waals surface area (Å²) in [6.45, 7) is 2.87. The van der Waals surface area contributed by atoms with Crippen LogP contribution in [0.4, 0.5) is 23.1 Å². The molecule has 1 aliphatic rings. The van der Waals surface area contributed by atoms with Crippen molar-refractivity contribution in [3.8, 4) is 0 Å². The number of hydrogen-bond acceptors (Lipinski definition) is 8. The van der Waals surface area contributed by atoms with Crippen LogP contribution < -0.4 is 16.0 Å². The number of esters is 1. The molecular weight excluding hydrogens is 450 g/mol. The summed E-state index contributed by atoms with van der Waals surface area (Å²) >= 11 is 0. The molecule has 1 aromatic heterocycles. The monoisotopic (exact) mass is 477 g/mol. The molecule has 2 amide bonds. The van der Waals surface area contributed by atoms with Gasteiger partial charge >= 0.3 is 23.8 Å². The number of amides is 2. The van der Waals surface area contributed by atoms with Crippen molar-refractivity contribution < 1.29 is 23.5 Å². The Bertz CT molecular complexity index is 1200. The zero-order valence-corrected chi connectivity index (χ0v) is 19.5. The smallest absolute Gasteiger partial charge is 0.320 e. The van der Waals surface area contributed by atoms with Crippen LogP contribution in [0.15, 0.2) is 52.9 Å². The van der Waals surface area contributed by atoms with Crippen LogP contribution in [0.1, 0.15) is 61.7 Å². The highest BCUT2D eigenvalue weighted by Gasteiger charge is 2.24. The summed E-state index contributed by atoms with van der Waals surface area (Å²) in [5, 5.41) is 16.0. The minimum atomic E-state index is -0.521. The Labute approximate surface area is 202 Å². The second kappa shape index (κ2) is 10.8. The number of carbonyl (C=O) groups excluding carboxylic acids is 3. The lowest BCUT2D eigenvalue weighted by atomic mass is 9.82. The van der Waals surface area contributed by atoms with Gasteiger partial charge in [0, 0.05) is 30.9 Å². The number of aromatic nitrogens is 2. The normalized spacial score (nSPS) is 17.3. The molecule has 0 saturated heterocycles. The molecule has 3 aromatic rings. The Hall–Kier alpha value is -4.21. The van der Waals surface area contributed by atoms with Crippen molar-refractivity contribution in [2.24, 2.45) is 0 Å². The summed E-state index contributed by atoms with van der Waals surface area (Å²) in [5.74, 6) is -0.710. The van der Waals surface area contributed by atoms with Gasteiger partial charge in [0.1, 0.15) is 6.10 Å². The molecule has 1 saturated carbocycles. The number of carbonyl (C=O) groups is 3. The highest BCUT2D eigenvalue weighted by atomic mass is 16.5. The van der Waals surface area contributed by atoms with E-state index in [9.17, 15) is 14.4 Å². The van der Waals surface area contributed by atoms with E-state index in [4.69, 9.17) is 9.15 Å². The van der Waals surface area contributed by atoms with Crippen molar-refractivity contribution in [1.82, 2.24) is 10.2 Å². The highest BCUT2D eigenvalue weighted by molar-refractivity contribution is 6.00. The number of benzene rings is 2.